The second-order valence-corrected chi connectivity index (χ2v) is 1.65. The van der Waals surface area contributed by atoms with Crippen LogP contribution >= 0.6 is 0 Å². The van der Waals surface area contributed by atoms with Crippen molar-refractivity contribution in [3.05, 3.63) is 30.4 Å². The average Bonchev–Trinajstić information content (AvgIpc) is 2.05. The van der Waals surface area contributed by atoms with Gasteiger partial charge in [0.15, 0.2) is 5.82 Å². The van der Waals surface area contributed by atoms with Crippen LogP contribution in [-0.2, 0) is 0 Å². The van der Waals surface area contributed by atoms with Crippen molar-refractivity contribution in [3.63, 3.8) is 0 Å². The normalized spacial score (nSPS) is 8.30. The number of nitriles is 1. The first-order valence-electron chi connectivity index (χ1n) is 2.71. The van der Waals surface area contributed by atoms with E-state index in [4.69, 9.17) is 5.26 Å². The van der Waals surface area contributed by atoms with Crippen LogP contribution in [0.25, 0.3) is 6.08 Å². The monoisotopic (exact) mass is 131 g/mol. The predicted molar refractivity (Wildman–Crippen MR) is 36.8 cm³/mol. The third-order valence-corrected chi connectivity index (χ3v) is 0.983. The number of aromatic nitrogens is 2. The summed E-state index contributed by atoms with van der Waals surface area (Å²) in [6.45, 7) is 3.48. The van der Waals surface area contributed by atoms with Crippen molar-refractivity contribution >= 4 is 6.08 Å². The van der Waals surface area contributed by atoms with Crippen LogP contribution in [-0.4, -0.2) is 9.97 Å². The molecular weight excluding hydrogens is 126 g/mol. The molecule has 0 spiro atoms. The molecule has 0 radical (unpaired) electrons. The summed E-state index contributed by atoms with van der Waals surface area (Å²) in [7, 11) is 0. The minimum absolute atomic E-state index is 0.464. The highest BCUT2D eigenvalue weighted by molar-refractivity contribution is 5.36. The van der Waals surface area contributed by atoms with Gasteiger partial charge in [0.25, 0.3) is 0 Å². The first kappa shape index (κ1) is 6.43. The van der Waals surface area contributed by atoms with Gasteiger partial charge in [-0.05, 0) is 6.08 Å². The number of nitrogens with zero attached hydrogens (tertiary/aromatic N) is 3. The second kappa shape index (κ2) is 2.74. The van der Waals surface area contributed by atoms with Gasteiger partial charge in [-0.3, -0.25) is 0 Å². The van der Waals surface area contributed by atoms with Gasteiger partial charge in [0.2, 0.25) is 0 Å². The zero-order valence-electron chi connectivity index (χ0n) is 5.28. The second-order valence-electron chi connectivity index (χ2n) is 1.65. The van der Waals surface area contributed by atoms with Gasteiger partial charge >= 0.3 is 0 Å². The van der Waals surface area contributed by atoms with E-state index in [1.807, 2.05) is 6.07 Å². The summed E-state index contributed by atoms with van der Waals surface area (Å²) in [6.07, 6.45) is 4.45. The highest BCUT2D eigenvalue weighted by Crippen LogP contribution is 1.93. The van der Waals surface area contributed by atoms with Crippen molar-refractivity contribution in [1.29, 1.82) is 5.26 Å². The quantitative estimate of drug-likeness (QED) is 0.571. The number of hydrogen-bond donors (Lipinski definition) is 0. The zero-order valence-corrected chi connectivity index (χ0v) is 5.28. The van der Waals surface area contributed by atoms with Crippen molar-refractivity contribution in [2.24, 2.45) is 0 Å². The van der Waals surface area contributed by atoms with Crippen LogP contribution in [0.5, 0.6) is 0 Å². The van der Waals surface area contributed by atoms with Gasteiger partial charge in [0.1, 0.15) is 6.07 Å². The summed E-state index contributed by atoms with van der Waals surface area (Å²) in [5.41, 5.74) is 0.464. The van der Waals surface area contributed by atoms with E-state index in [0.717, 1.165) is 0 Å². The highest BCUT2D eigenvalue weighted by Gasteiger charge is 1.89. The Bertz CT molecular complexity index is 268. The summed E-state index contributed by atoms with van der Waals surface area (Å²) < 4.78 is 0. The molecule has 0 fully saturated rings. The van der Waals surface area contributed by atoms with Gasteiger partial charge in [0.05, 0.1) is 5.56 Å². The summed E-state index contributed by atoms with van der Waals surface area (Å²) in [6, 6.07) is 1.92. The molecule has 0 unspecified atom stereocenters. The maximum Gasteiger partial charge on any atom is 0.151 e. The van der Waals surface area contributed by atoms with Gasteiger partial charge in [-0.1, -0.05) is 6.58 Å². The van der Waals surface area contributed by atoms with Crippen molar-refractivity contribution in [1.82, 2.24) is 9.97 Å². The van der Waals surface area contributed by atoms with Gasteiger partial charge in [0, 0.05) is 12.4 Å². The summed E-state index contributed by atoms with van der Waals surface area (Å²) in [5, 5.41) is 8.35. The van der Waals surface area contributed by atoms with Gasteiger partial charge in [-0.2, -0.15) is 5.26 Å². The Morgan fingerprint density at radius 2 is 2.10 bits per heavy atom. The largest absolute Gasteiger partial charge is 0.236 e. The lowest BCUT2D eigenvalue weighted by Gasteiger charge is -1.88. The van der Waals surface area contributed by atoms with Crippen LogP contribution in [0.4, 0.5) is 0 Å². The van der Waals surface area contributed by atoms with E-state index in [0.29, 0.717) is 11.4 Å². The Hall–Kier alpha value is -1.69. The molecule has 0 aliphatic rings. The molecule has 0 aliphatic heterocycles. The molecule has 10 heavy (non-hydrogen) atoms. The van der Waals surface area contributed by atoms with Crippen molar-refractivity contribution in [3.8, 4) is 6.07 Å². The highest BCUT2D eigenvalue weighted by atomic mass is 14.8. The lowest BCUT2D eigenvalue weighted by Crippen LogP contribution is -1.86. The molecule has 0 N–H and O–H groups in total. The SMILES string of the molecule is C=Cc1ncc(C#N)cn1. The lowest BCUT2D eigenvalue weighted by atomic mass is 10.4. The molecule has 3 nitrogen and oxygen atoms in total. The van der Waals surface area contributed by atoms with E-state index in [2.05, 4.69) is 16.5 Å². The fourth-order valence-corrected chi connectivity index (χ4v) is 0.501. The van der Waals surface area contributed by atoms with E-state index in [9.17, 15) is 0 Å². The maximum atomic E-state index is 8.35. The maximum absolute atomic E-state index is 8.35. The molecule has 48 valence electrons. The molecule has 0 aromatic carbocycles. The Balaban J connectivity index is 3.04. The number of hydrogen-bond acceptors (Lipinski definition) is 3. The van der Waals surface area contributed by atoms with Crippen LogP contribution < -0.4 is 0 Å². The summed E-state index contributed by atoms with van der Waals surface area (Å²) >= 11 is 0. The third kappa shape index (κ3) is 1.17. The van der Waals surface area contributed by atoms with Gasteiger partial charge < -0.3 is 0 Å². The topological polar surface area (TPSA) is 49.6 Å². The van der Waals surface area contributed by atoms with Crippen LogP contribution in [0.1, 0.15) is 11.4 Å². The van der Waals surface area contributed by atoms with Crippen molar-refractivity contribution < 1.29 is 0 Å². The smallest absolute Gasteiger partial charge is 0.151 e. The Kier molecular flexibility index (Phi) is 1.76. The molecule has 3 heteroatoms. The van der Waals surface area contributed by atoms with Crippen LogP contribution in [0, 0.1) is 11.3 Å². The van der Waals surface area contributed by atoms with Crippen LogP contribution in [0.15, 0.2) is 19.0 Å². The van der Waals surface area contributed by atoms with E-state index in [-0.39, 0.29) is 0 Å². The molecule has 1 aromatic heterocycles. The molecule has 1 aromatic rings. The van der Waals surface area contributed by atoms with E-state index >= 15 is 0 Å². The molecule has 1 rings (SSSR count). The first-order valence-corrected chi connectivity index (χ1v) is 2.71. The molecule has 0 amide bonds. The van der Waals surface area contributed by atoms with Crippen molar-refractivity contribution in [2.45, 2.75) is 0 Å². The fraction of sp³-hybridized carbons (Fsp3) is 0. The molecule has 0 bridgehead atoms. The van der Waals surface area contributed by atoms with Gasteiger partial charge in [-0.25, -0.2) is 9.97 Å². The van der Waals surface area contributed by atoms with E-state index < -0.39 is 0 Å². The summed E-state index contributed by atoms with van der Waals surface area (Å²) in [4.78, 5) is 7.63. The van der Waals surface area contributed by atoms with Crippen LogP contribution in [0.3, 0.4) is 0 Å². The molecule has 0 saturated carbocycles. The number of rotatable bonds is 1. The predicted octanol–water partition coefficient (Wildman–Crippen LogP) is 0.991. The average molecular weight is 131 g/mol. The Morgan fingerprint density at radius 1 is 1.50 bits per heavy atom. The molecule has 0 aliphatic carbocycles. The molecule has 1 heterocycles. The van der Waals surface area contributed by atoms with Crippen LogP contribution in [0.2, 0.25) is 0 Å². The molecular formula is C7H5N3. The van der Waals surface area contributed by atoms with Gasteiger partial charge in [-0.15, -0.1) is 0 Å². The summed E-state index contributed by atoms with van der Waals surface area (Å²) in [5.74, 6) is 0.541. The Labute approximate surface area is 58.7 Å². The van der Waals surface area contributed by atoms with E-state index in [1.165, 1.54) is 18.5 Å². The fourth-order valence-electron chi connectivity index (χ4n) is 0.501. The first-order chi connectivity index (χ1) is 4.86. The zero-order chi connectivity index (χ0) is 7.40. The minimum Gasteiger partial charge on any atom is -0.236 e. The Morgan fingerprint density at radius 3 is 2.50 bits per heavy atom. The standard InChI is InChI=1S/C7H5N3/c1-2-7-9-4-6(3-8)5-10-7/h2,4-5H,1H2. The van der Waals surface area contributed by atoms with Crippen molar-refractivity contribution in [2.75, 3.05) is 0 Å². The van der Waals surface area contributed by atoms with E-state index in [1.54, 1.807) is 0 Å². The minimum atomic E-state index is 0.464. The molecule has 0 saturated heterocycles. The molecule has 0 atom stereocenters. The lowest BCUT2D eigenvalue weighted by molar-refractivity contribution is 1.12. The third-order valence-electron chi connectivity index (χ3n) is 0.983.